The number of ether oxygens (including phenoxy) is 1. The lowest BCUT2D eigenvalue weighted by Crippen LogP contribution is -2.18. The van der Waals surface area contributed by atoms with E-state index in [0.29, 0.717) is 12.0 Å². The van der Waals surface area contributed by atoms with Crippen LogP contribution in [0.15, 0.2) is 18.2 Å². The average Bonchev–Trinajstić information content (AvgIpc) is 2.70. The molecule has 0 bridgehead atoms. The Hall–Kier alpha value is -1.02. The molecule has 1 unspecified atom stereocenters. The SMILES string of the molecule is CCNC1CCc2cc(OCC(C)C)ccc21. The summed E-state index contributed by atoms with van der Waals surface area (Å²) >= 11 is 0. The summed E-state index contributed by atoms with van der Waals surface area (Å²) in [5.74, 6) is 1.60. The monoisotopic (exact) mass is 233 g/mol. The van der Waals surface area contributed by atoms with Crippen molar-refractivity contribution in [2.75, 3.05) is 13.2 Å². The van der Waals surface area contributed by atoms with E-state index in [1.807, 2.05) is 0 Å². The lowest BCUT2D eigenvalue weighted by atomic mass is 10.1. The highest BCUT2D eigenvalue weighted by molar-refractivity contribution is 5.40. The molecule has 0 aromatic heterocycles. The molecule has 0 saturated heterocycles. The van der Waals surface area contributed by atoms with E-state index in [1.54, 1.807) is 0 Å². The van der Waals surface area contributed by atoms with Crippen molar-refractivity contribution in [1.82, 2.24) is 5.32 Å². The molecule has 0 heterocycles. The molecular formula is C15H23NO. The second-order valence-corrected chi connectivity index (χ2v) is 5.21. The summed E-state index contributed by atoms with van der Waals surface area (Å²) in [7, 11) is 0. The van der Waals surface area contributed by atoms with E-state index in [9.17, 15) is 0 Å². The minimum absolute atomic E-state index is 0.550. The van der Waals surface area contributed by atoms with Gasteiger partial charge in [-0.25, -0.2) is 0 Å². The van der Waals surface area contributed by atoms with Gasteiger partial charge in [0.05, 0.1) is 6.61 Å². The van der Waals surface area contributed by atoms with Gasteiger partial charge in [0.25, 0.3) is 0 Å². The summed E-state index contributed by atoms with van der Waals surface area (Å²) in [6, 6.07) is 7.10. The van der Waals surface area contributed by atoms with Crippen LogP contribution in [0.1, 0.15) is 44.4 Å². The van der Waals surface area contributed by atoms with E-state index in [1.165, 1.54) is 24.0 Å². The first-order valence-electron chi connectivity index (χ1n) is 6.69. The molecule has 1 aliphatic carbocycles. The van der Waals surface area contributed by atoms with Crippen molar-refractivity contribution in [1.29, 1.82) is 0 Å². The second kappa shape index (κ2) is 5.54. The van der Waals surface area contributed by atoms with E-state index in [2.05, 4.69) is 44.3 Å². The van der Waals surface area contributed by atoms with Gasteiger partial charge in [-0.2, -0.15) is 0 Å². The Bertz CT molecular complexity index is 373. The predicted octanol–water partition coefficient (Wildman–Crippen LogP) is 3.32. The number of hydrogen-bond donors (Lipinski definition) is 1. The fraction of sp³-hybridized carbons (Fsp3) is 0.600. The Morgan fingerprint density at radius 1 is 1.41 bits per heavy atom. The quantitative estimate of drug-likeness (QED) is 0.842. The van der Waals surface area contributed by atoms with Crippen molar-refractivity contribution in [3.63, 3.8) is 0 Å². The Labute approximate surface area is 104 Å². The van der Waals surface area contributed by atoms with Crippen molar-refractivity contribution >= 4 is 0 Å². The van der Waals surface area contributed by atoms with Crippen molar-refractivity contribution in [2.45, 2.75) is 39.7 Å². The molecule has 0 radical (unpaired) electrons. The zero-order chi connectivity index (χ0) is 12.3. The van der Waals surface area contributed by atoms with Crippen LogP contribution in [-0.4, -0.2) is 13.2 Å². The summed E-state index contributed by atoms with van der Waals surface area (Å²) in [6.45, 7) is 8.35. The molecule has 0 spiro atoms. The minimum Gasteiger partial charge on any atom is -0.493 e. The molecular weight excluding hydrogens is 210 g/mol. The third-order valence-corrected chi connectivity index (χ3v) is 3.23. The van der Waals surface area contributed by atoms with Gasteiger partial charge in [-0.15, -0.1) is 0 Å². The largest absolute Gasteiger partial charge is 0.493 e. The van der Waals surface area contributed by atoms with Crippen molar-refractivity contribution < 1.29 is 4.74 Å². The van der Waals surface area contributed by atoms with Gasteiger partial charge in [0.1, 0.15) is 5.75 Å². The maximum atomic E-state index is 5.77. The lowest BCUT2D eigenvalue weighted by molar-refractivity contribution is 0.271. The van der Waals surface area contributed by atoms with Crippen LogP contribution in [0.4, 0.5) is 0 Å². The van der Waals surface area contributed by atoms with E-state index < -0.39 is 0 Å². The summed E-state index contributed by atoms with van der Waals surface area (Å²) in [4.78, 5) is 0. The van der Waals surface area contributed by atoms with Crippen LogP contribution < -0.4 is 10.1 Å². The minimum atomic E-state index is 0.550. The first kappa shape index (κ1) is 12.4. The lowest BCUT2D eigenvalue weighted by Gasteiger charge is -2.13. The smallest absolute Gasteiger partial charge is 0.119 e. The highest BCUT2D eigenvalue weighted by Gasteiger charge is 2.21. The van der Waals surface area contributed by atoms with Crippen molar-refractivity contribution in [3.8, 4) is 5.75 Å². The Kier molecular flexibility index (Phi) is 4.06. The molecule has 2 heteroatoms. The highest BCUT2D eigenvalue weighted by atomic mass is 16.5. The second-order valence-electron chi connectivity index (χ2n) is 5.21. The fourth-order valence-electron chi connectivity index (χ4n) is 2.41. The molecule has 17 heavy (non-hydrogen) atoms. The normalized spacial score (nSPS) is 18.5. The van der Waals surface area contributed by atoms with Crippen molar-refractivity contribution in [3.05, 3.63) is 29.3 Å². The van der Waals surface area contributed by atoms with Crippen molar-refractivity contribution in [2.24, 2.45) is 5.92 Å². The average molecular weight is 233 g/mol. The molecule has 1 aromatic rings. The van der Waals surface area contributed by atoms with Gasteiger partial charge in [0, 0.05) is 6.04 Å². The van der Waals surface area contributed by atoms with Gasteiger partial charge in [0.2, 0.25) is 0 Å². The summed E-state index contributed by atoms with van der Waals surface area (Å²) in [6.07, 6.45) is 2.39. The molecule has 94 valence electrons. The first-order valence-corrected chi connectivity index (χ1v) is 6.69. The summed E-state index contributed by atoms with van der Waals surface area (Å²) < 4.78 is 5.77. The zero-order valence-electron chi connectivity index (χ0n) is 11.1. The number of nitrogens with one attached hydrogen (secondary N) is 1. The molecule has 1 N–H and O–H groups in total. The van der Waals surface area contributed by atoms with Gasteiger partial charge in [-0.3, -0.25) is 0 Å². The molecule has 0 fully saturated rings. The van der Waals surface area contributed by atoms with Crippen LogP contribution in [0.25, 0.3) is 0 Å². The highest BCUT2D eigenvalue weighted by Crippen LogP contribution is 2.33. The number of rotatable bonds is 5. The zero-order valence-corrected chi connectivity index (χ0v) is 11.1. The van der Waals surface area contributed by atoms with E-state index >= 15 is 0 Å². The van der Waals surface area contributed by atoms with Gasteiger partial charge in [-0.05, 0) is 48.6 Å². The van der Waals surface area contributed by atoms with Gasteiger partial charge in [0.15, 0.2) is 0 Å². The molecule has 0 aliphatic heterocycles. The Balaban J connectivity index is 2.06. The molecule has 0 amide bonds. The van der Waals surface area contributed by atoms with Gasteiger partial charge in [-0.1, -0.05) is 26.8 Å². The van der Waals surface area contributed by atoms with E-state index in [0.717, 1.165) is 18.9 Å². The topological polar surface area (TPSA) is 21.3 Å². The van der Waals surface area contributed by atoms with E-state index in [4.69, 9.17) is 4.74 Å². The number of hydrogen-bond acceptors (Lipinski definition) is 2. The van der Waals surface area contributed by atoms with Crippen LogP contribution in [0.2, 0.25) is 0 Å². The molecule has 1 atom stereocenters. The number of benzene rings is 1. The maximum Gasteiger partial charge on any atom is 0.119 e. The molecule has 1 aromatic carbocycles. The number of fused-ring (bicyclic) bond motifs is 1. The molecule has 2 rings (SSSR count). The Morgan fingerprint density at radius 2 is 2.24 bits per heavy atom. The summed E-state index contributed by atoms with van der Waals surface area (Å²) in [5, 5.41) is 3.53. The predicted molar refractivity (Wildman–Crippen MR) is 71.5 cm³/mol. The number of aryl methyl sites for hydroxylation is 1. The first-order chi connectivity index (χ1) is 8.20. The standard InChI is InChI=1S/C15H23NO/c1-4-16-15-8-5-12-9-13(6-7-14(12)15)17-10-11(2)3/h6-7,9,11,15-16H,4-5,8,10H2,1-3H3. The van der Waals surface area contributed by atoms with Crippen LogP contribution in [0.3, 0.4) is 0 Å². The maximum absolute atomic E-state index is 5.77. The van der Waals surface area contributed by atoms with Crippen LogP contribution in [0, 0.1) is 5.92 Å². The molecule has 0 saturated carbocycles. The third kappa shape index (κ3) is 3.01. The summed E-state index contributed by atoms with van der Waals surface area (Å²) in [5.41, 5.74) is 2.92. The van der Waals surface area contributed by atoms with E-state index in [-0.39, 0.29) is 0 Å². The van der Waals surface area contributed by atoms with Gasteiger partial charge >= 0.3 is 0 Å². The molecule has 1 aliphatic rings. The van der Waals surface area contributed by atoms with Gasteiger partial charge < -0.3 is 10.1 Å². The third-order valence-electron chi connectivity index (χ3n) is 3.23. The fourth-order valence-corrected chi connectivity index (χ4v) is 2.41. The Morgan fingerprint density at radius 3 is 2.94 bits per heavy atom. The van der Waals surface area contributed by atoms with Crippen LogP contribution >= 0.6 is 0 Å². The van der Waals surface area contributed by atoms with Crippen LogP contribution in [-0.2, 0) is 6.42 Å². The van der Waals surface area contributed by atoms with Crippen LogP contribution in [0.5, 0.6) is 5.75 Å². The molecule has 2 nitrogen and oxygen atoms in total.